The van der Waals surface area contributed by atoms with Gasteiger partial charge in [0.15, 0.2) is 11.0 Å². The number of benzene rings is 2. The van der Waals surface area contributed by atoms with Crippen LogP contribution in [0.25, 0.3) is 11.4 Å². The number of carbonyl (C=O) groups is 1. The van der Waals surface area contributed by atoms with Crippen molar-refractivity contribution in [1.29, 1.82) is 0 Å². The van der Waals surface area contributed by atoms with Crippen molar-refractivity contribution < 1.29 is 14.3 Å². The maximum Gasteiger partial charge on any atom is 0.234 e. The monoisotopic (exact) mass is 503 g/mol. The fourth-order valence-electron chi connectivity index (χ4n) is 3.58. The number of rotatable bonds is 11. The number of carbonyl (C=O) groups excluding carboxylic acids is 1. The molecule has 0 aliphatic heterocycles. The van der Waals surface area contributed by atoms with Gasteiger partial charge in [-0.3, -0.25) is 4.79 Å². The molecule has 1 aromatic heterocycles. The Bertz CT molecular complexity index is 1120. The molecule has 0 radical (unpaired) electrons. The van der Waals surface area contributed by atoms with Crippen molar-refractivity contribution in [2.75, 3.05) is 43.3 Å². The predicted octanol–water partition coefficient (Wildman–Crippen LogP) is 5.21. The molecule has 8 nitrogen and oxygen atoms in total. The molecule has 0 saturated carbocycles. The molecule has 1 N–H and O–H groups in total. The summed E-state index contributed by atoms with van der Waals surface area (Å²) in [6, 6.07) is 11.6. The summed E-state index contributed by atoms with van der Waals surface area (Å²) < 4.78 is 12.6. The van der Waals surface area contributed by atoms with E-state index in [4.69, 9.17) is 21.1 Å². The number of methoxy groups -OCH3 is 2. The zero-order valence-electron chi connectivity index (χ0n) is 20.1. The minimum absolute atomic E-state index is 0.160. The summed E-state index contributed by atoms with van der Waals surface area (Å²) in [6.45, 7) is 8.92. The highest BCUT2D eigenvalue weighted by Gasteiger charge is 2.17. The van der Waals surface area contributed by atoms with Crippen molar-refractivity contribution in [3.05, 3.63) is 41.4 Å². The van der Waals surface area contributed by atoms with E-state index >= 15 is 0 Å². The fourth-order valence-corrected chi connectivity index (χ4v) is 4.61. The van der Waals surface area contributed by atoms with Gasteiger partial charge in [0.25, 0.3) is 0 Å². The van der Waals surface area contributed by atoms with Crippen LogP contribution in [-0.4, -0.2) is 53.7 Å². The van der Waals surface area contributed by atoms with E-state index in [-0.39, 0.29) is 11.7 Å². The second kappa shape index (κ2) is 12.0. The number of nitrogens with one attached hydrogen (secondary N) is 1. The van der Waals surface area contributed by atoms with Crippen LogP contribution in [0, 0.1) is 0 Å². The standard InChI is InChI=1S/C24H30ClN5O3S/c1-6-29(7-2)17-11-9-16(10-12-17)23-27-28-24(30(23)8-3)34-15-22(31)26-19-14-20(32-4)18(25)13-21(19)33-5/h9-14H,6-8,15H2,1-5H3,(H,26,31). The Morgan fingerprint density at radius 1 is 1.06 bits per heavy atom. The Hall–Kier alpha value is -2.91. The van der Waals surface area contributed by atoms with Crippen molar-refractivity contribution >= 4 is 40.6 Å². The first kappa shape index (κ1) is 25.7. The SMILES string of the molecule is CCN(CC)c1ccc(-c2nnc(SCC(=O)Nc3cc(OC)c(Cl)cc3OC)n2CC)cc1. The lowest BCUT2D eigenvalue weighted by atomic mass is 10.2. The van der Waals surface area contributed by atoms with Crippen LogP contribution in [0.3, 0.4) is 0 Å². The van der Waals surface area contributed by atoms with E-state index < -0.39 is 0 Å². The summed E-state index contributed by atoms with van der Waals surface area (Å²) in [5, 5.41) is 12.7. The van der Waals surface area contributed by atoms with Crippen molar-refractivity contribution in [3.8, 4) is 22.9 Å². The summed E-state index contributed by atoms with van der Waals surface area (Å²) >= 11 is 7.47. The molecule has 0 fully saturated rings. The lowest BCUT2D eigenvalue weighted by Crippen LogP contribution is -2.21. The highest BCUT2D eigenvalue weighted by Crippen LogP contribution is 2.36. The number of hydrogen-bond donors (Lipinski definition) is 1. The molecule has 182 valence electrons. The maximum absolute atomic E-state index is 12.6. The van der Waals surface area contributed by atoms with Crippen molar-refractivity contribution in [2.45, 2.75) is 32.5 Å². The van der Waals surface area contributed by atoms with Gasteiger partial charge in [0.2, 0.25) is 5.91 Å². The highest BCUT2D eigenvalue weighted by atomic mass is 35.5. The first-order valence-electron chi connectivity index (χ1n) is 11.1. The molecule has 2 aromatic carbocycles. The second-order valence-electron chi connectivity index (χ2n) is 7.29. The number of halogens is 1. The van der Waals surface area contributed by atoms with Crippen LogP contribution in [0.1, 0.15) is 20.8 Å². The van der Waals surface area contributed by atoms with Gasteiger partial charge < -0.3 is 24.3 Å². The van der Waals surface area contributed by atoms with E-state index in [0.717, 1.165) is 24.5 Å². The number of anilines is 2. The average Bonchev–Trinajstić information content (AvgIpc) is 3.27. The van der Waals surface area contributed by atoms with Gasteiger partial charge in [-0.2, -0.15) is 0 Å². The van der Waals surface area contributed by atoms with Crippen LogP contribution in [0.4, 0.5) is 11.4 Å². The number of hydrogen-bond acceptors (Lipinski definition) is 7. The quantitative estimate of drug-likeness (QED) is 0.359. The molecule has 3 aromatic rings. The largest absolute Gasteiger partial charge is 0.495 e. The summed E-state index contributed by atoms with van der Waals surface area (Å²) in [5.41, 5.74) is 2.65. The topological polar surface area (TPSA) is 81.5 Å². The maximum atomic E-state index is 12.6. The third kappa shape index (κ3) is 5.77. The molecule has 1 amide bonds. The lowest BCUT2D eigenvalue weighted by molar-refractivity contribution is -0.113. The lowest BCUT2D eigenvalue weighted by Gasteiger charge is -2.21. The van der Waals surface area contributed by atoms with Crippen LogP contribution in [0.5, 0.6) is 11.5 Å². The summed E-state index contributed by atoms with van der Waals surface area (Å²) in [6.07, 6.45) is 0. The van der Waals surface area contributed by atoms with Gasteiger partial charge in [-0.25, -0.2) is 0 Å². The summed E-state index contributed by atoms with van der Waals surface area (Å²) in [5.74, 6) is 1.64. The Labute approximate surface area is 209 Å². The smallest absolute Gasteiger partial charge is 0.234 e. The van der Waals surface area contributed by atoms with Crippen molar-refractivity contribution in [1.82, 2.24) is 14.8 Å². The minimum atomic E-state index is -0.205. The Kier molecular flexibility index (Phi) is 9.06. The van der Waals surface area contributed by atoms with E-state index in [1.807, 2.05) is 11.5 Å². The van der Waals surface area contributed by atoms with Crippen molar-refractivity contribution in [3.63, 3.8) is 0 Å². The number of nitrogens with zero attached hydrogens (tertiary/aromatic N) is 4. The number of aromatic nitrogens is 3. The molecule has 1 heterocycles. The molecule has 0 atom stereocenters. The van der Waals surface area contributed by atoms with E-state index in [1.54, 1.807) is 12.1 Å². The molecule has 0 saturated heterocycles. The van der Waals surface area contributed by atoms with E-state index in [2.05, 4.69) is 58.5 Å². The van der Waals surface area contributed by atoms with E-state index in [9.17, 15) is 4.79 Å². The summed E-state index contributed by atoms with van der Waals surface area (Å²) in [4.78, 5) is 14.9. The molecule has 0 aliphatic rings. The van der Waals surface area contributed by atoms with Crippen LogP contribution < -0.4 is 19.7 Å². The molecular weight excluding hydrogens is 474 g/mol. The molecule has 3 rings (SSSR count). The van der Waals surface area contributed by atoms with Crippen LogP contribution >= 0.6 is 23.4 Å². The second-order valence-corrected chi connectivity index (χ2v) is 8.64. The van der Waals surface area contributed by atoms with Gasteiger partial charge in [-0.1, -0.05) is 23.4 Å². The van der Waals surface area contributed by atoms with Gasteiger partial charge in [0.05, 0.1) is 30.7 Å². The number of amides is 1. The van der Waals surface area contributed by atoms with Gasteiger partial charge in [-0.05, 0) is 45.0 Å². The third-order valence-corrected chi connectivity index (χ3v) is 6.63. The molecule has 0 unspecified atom stereocenters. The molecule has 0 spiro atoms. The minimum Gasteiger partial charge on any atom is -0.495 e. The van der Waals surface area contributed by atoms with E-state index in [0.29, 0.717) is 33.9 Å². The molecule has 10 heteroatoms. The first-order chi connectivity index (χ1) is 16.4. The summed E-state index contributed by atoms with van der Waals surface area (Å²) in [7, 11) is 3.03. The average molecular weight is 504 g/mol. The molecule has 0 bridgehead atoms. The zero-order valence-corrected chi connectivity index (χ0v) is 21.7. The Morgan fingerprint density at radius 3 is 2.32 bits per heavy atom. The molecular formula is C24H30ClN5O3S. The predicted molar refractivity (Wildman–Crippen MR) is 139 cm³/mol. The molecule has 0 aliphatic carbocycles. The first-order valence-corrected chi connectivity index (χ1v) is 12.4. The normalized spacial score (nSPS) is 10.8. The van der Waals surface area contributed by atoms with Crippen LogP contribution in [0.15, 0.2) is 41.6 Å². The van der Waals surface area contributed by atoms with Crippen molar-refractivity contribution in [2.24, 2.45) is 0 Å². The third-order valence-electron chi connectivity index (χ3n) is 5.37. The van der Waals surface area contributed by atoms with Crippen LogP contribution in [-0.2, 0) is 11.3 Å². The number of ether oxygens (including phenoxy) is 2. The van der Waals surface area contributed by atoms with Gasteiger partial charge in [-0.15, -0.1) is 10.2 Å². The zero-order chi connectivity index (χ0) is 24.7. The fraction of sp³-hybridized carbons (Fsp3) is 0.375. The van der Waals surface area contributed by atoms with Gasteiger partial charge in [0, 0.05) is 43.0 Å². The van der Waals surface area contributed by atoms with Gasteiger partial charge >= 0.3 is 0 Å². The molecule has 34 heavy (non-hydrogen) atoms. The highest BCUT2D eigenvalue weighted by molar-refractivity contribution is 7.99. The number of thioether (sulfide) groups is 1. The van der Waals surface area contributed by atoms with Crippen LogP contribution in [0.2, 0.25) is 5.02 Å². The van der Waals surface area contributed by atoms with E-state index in [1.165, 1.54) is 31.7 Å². The Morgan fingerprint density at radius 2 is 1.74 bits per heavy atom. The Balaban J connectivity index is 1.71. The van der Waals surface area contributed by atoms with Gasteiger partial charge in [0.1, 0.15) is 11.5 Å².